The molecule has 0 aromatic rings. The average molecular weight is 441 g/mol. The summed E-state index contributed by atoms with van der Waals surface area (Å²) in [6, 6.07) is 0. The summed E-state index contributed by atoms with van der Waals surface area (Å²) in [5.74, 6) is 2.39. The van der Waals surface area contributed by atoms with E-state index in [1.165, 1.54) is 12.8 Å². The zero-order valence-corrected chi connectivity index (χ0v) is 17.7. The van der Waals surface area contributed by atoms with E-state index in [2.05, 4.69) is 43.0 Å². The van der Waals surface area contributed by atoms with Gasteiger partial charge in [-0.2, -0.15) is 0 Å². The van der Waals surface area contributed by atoms with Gasteiger partial charge in [0.05, 0.1) is 6.61 Å². The molecule has 1 N–H and O–H groups in total. The molecule has 1 rings (SSSR count). The molecule has 0 radical (unpaired) electrons. The molecule has 0 aromatic carbocycles. The fourth-order valence-corrected chi connectivity index (χ4v) is 1.98. The minimum atomic E-state index is 0. The van der Waals surface area contributed by atoms with Crippen molar-refractivity contribution in [3.8, 4) is 0 Å². The Morgan fingerprint density at radius 3 is 2.61 bits per heavy atom. The van der Waals surface area contributed by atoms with Crippen LogP contribution >= 0.6 is 24.0 Å². The van der Waals surface area contributed by atoms with Crippen molar-refractivity contribution in [3.05, 3.63) is 0 Å². The third-order valence-corrected chi connectivity index (χ3v) is 3.48. The summed E-state index contributed by atoms with van der Waals surface area (Å²) in [6.45, 7) is 12.3. The van der Waals surface area contributed by atoms with Crippen LogP contribution in [0.2, 0.25) is 0 Å². The minimum Gasteiger partial charge on any atom is -0.381 e. The van der Waals surface area contributed by atoms with Crippen LogP contribution in [0, 0.1) is 11.8 Å². The van der Waals surface area contributed by atoms with Crippen LogP contribution in [0.15, 0.2) is 4.99 Å². The second-order valence-electron chi connectivity index (χ2n) is 6.50. The number of halogens is 1. The molecule has 0 saturated heterocycles. The van der Waals surface area contributed by atoms with Gasteiger partial charge >= 0.3 is 0 Å². The van der Waals surface area contributed by atoms with Gasteiger partial charge in [0, 0.05) is 46.5 Å². The van der Waals surface area contributed by atoms with Gasteiger partial charge in [0.15, 0.2) is 5.96 Å². The van der Waals surface area contributed by atoms with Crippen molar-refractivity contribution in [2.75, 3.05) is 53.1 Å². The summed E-state index contributed by atoms with van der Waals surface area (Å²) in [7, 11) is 2.07. The van der Waals surface area contributed by atoms with Crippen LogP contribution < -0.4 is 5.32 Å². The SMILES string of the molecule is CCNC(=NCCCOCC(C)C)N(C)CCOCC1CC1.I. The first-order valence-electron chi connectivity index (χ1n) is 8.78. The Labute approximate surface area is 159 Å². The van der Waals surface area contributed by atoms with Crippen LogP contribution in [0.25, 0.3) is 0 Å². The first-order valence-corrected chi connectivity index (χ1v) is 8.78. The Bertz CT molecular complexity index is 310. The van der Waals surface area contributed by atoms with Crippen LogP contribution in [-0.2, 0) is 9.47 Å². The Morgan fingerprint density at radius 1 is 1.26 bits per heavy atom. The van der Waals surface area contributed by atoms with Crippen molar-refractivity contribution in [2.45, 2.75) is 40.0 Å². The topological polar surface area (TPSA) is 46.1 Å². The highest BCUT2D eigenvalue weighted by atomic mass is 127. The lowest BCUT2D eigenvalue weighted by Gasteiger charge is -2.22. The molecule has 1 aliphatic carbocycles. The van der Waals surface area contributed by atoms with Gasteiger partial charge in [0.25, 0.3) is 0 Å². The normalized spacial score (nSPS) is 14.7. The number of rotatable bonds is 12. The molecule has 0 spiro atoms. The third-order valence-electron chi connectivity index (χ3n) is 3.48. The van der Waals surface area contributed by atoms with Crippen LogP contribution in [-0.4, -0.2) is 64.0 Å². The number of guanidine groups is 1. The third kappa shape index (κ3) is 12.9. The molecule has 1 aliphatic rings. The van der Waals surface area contributed by atoms with Gasteiger partial charge in [-0.3, -0.25) is 4.99 Å². The monoisotopic (exact) mass is 441 g/mol. The molecule has 0 aliphatic heterocycles. The summed E-state index contributed by atoms with van der Waals surface area (Å²) >= 11 is 0. The predicted octanol–water partition coefficient (Wildman–Crippen LogP) is 2.99. The van der Waals surface area contributed by atoms with E-state index < -0.39 is 0 Å². The second-order valence-corrected chi connectivity index (χ2v) is 6.50. The molecule has 0 atom stereocenters. The molecule has 1 saturated carbocycles. The maximum Gasteiger partial charge on any atom is 0.193 e. The van der Waals surface area contributed by atoms with E-state index in [1.807, 2.05) is 0 Å². The van der Waals surface area contributed by atoms with Crippen LogP contribution in [0.5, 0.6) is 0 Å². The van der Waals surface area contributed by atoms with Gasteiger partial charge < -0.3 is 19.7 Å². The van der Waals surface area contributed by atoms with Crippen molar-refractivity contribution in [1.82, 2.24) is 10.2 Å². The highest BCUT2D eigenvalue weighted by Crippen LogP contribution is 2.28. The summed E-state index contributed by atoms with van der Waals surface area (Å²) in [5, 5.41) is 3.33. The molecule has 1 fully saturated rings. The van der Waals surface area contributed by atoms with Gasteiger partial charge in [0.1, 0.15) is 0 Å². The van der Waals surface area contributed by atoms with Gasteiger partial charge in [-0.1, -0.05) is 13.8 Å². The zero-order valence-electron chi connectivity index (χ0n) is 15.3. The average Bonchev–Trinajstić information content (AvgIpc) is 3.29. The Hall–Kier alpha value is -0.0800. The molecular formula is C17H36IN3O2. The van der Waals surface area contributed by atoms with Crippen molar-refractivity contribution in [3.63, 3.8) is 0 Å². The number of hydrogen-bond donors (Lipinski definition) is 1. The molecule has 6 heteroatoms. The van der Waals surface area contributed by atoms with Crippen molar-refractivity contribution >= 4 is 29.9 Å². The lowest BCUT2D eigenvalue weighted by Crippen LogP contribution is -2.40. The van der Waals surface area contributed by atoms with Gasteiger partial charge in [0.2, 0.25) is 0 Å². The maximum atomic E-state index is 5.69. The Morgan fingerprint density at radius 2 is 2.00 bits per heavy atom. The molecule has 0 aromatic heterocycles. The molecule has 5 nitrogen and oxygen atoms in total. The highest BCUT2D eigenvalue weighted by molar-refractivity contribution is 14.0. The van der Waals surface area contributed by atoms with Crippen molar-refractivity contribution < 1.29 is 9.47 Å². The van der Waals surface area contributed by atoms with Gasteiger partial charge in [-0.25, -0.2) is 0 Å². The molecule has 0 amide bonds. The van der Waals surface area contributed by atoms with E-state index in [-0.39, 0.29) is 24.0 Å². The summed E-state index contributed by atoms with van der Waals surface area (Å²) in [5.41, 5.74) is 0. The molecule has 0 heterocycles. The van der Waals surface area contributed by atoms with E-state index in [4.69, 9.17) is 9.47 Å². The second kappa shape index (κ2) is 14.3. The van der Waals surface area contributed by atoms with Gasteiger partial charge in [-0.05, 0) is 38.0 Å². The number of hydrogen-bond acceptors (Lipinski definition) is 3. The molecule has 0 unspecified atom stereocenters. The fourth-order valence-electron chi connectivity index (χ4n) is 1.98. The molecule has 0 bridgehead atoms. The molecular weight excluding hydrogens is 405 g/mol. The van der Waals surface area contributed by atoms with E-state index >= 15 is 0 Å². The standard InChI is InChI=1S/C17H35N3O2.HI/c1-5-18-17(19-9-6-11-21-13-15(2)3)20(4)10-12-22-14-16-7-8-16;/h15-16H,5-14H2,1-4H3,(H,18,19);1H. The van der Waals surface area contributed by atoms with E-state index in [0.29, 0.717) is 5.92 Å². The summed E-state index contributed by atoms with van der Waals surface area (Å²) in [6.07, 6.45) is 3.66. The van der Waals surface area contributed by atoms with E-state index in [1.54, 1.807) is 0 Å². The van der Waals surface area contributed by atoms with Gasteiger partial charge in [-0.15, -0.1) is 24.0 Å². The summed E-state index contributed by atoms with van der Waals surface area (Å²) in [4.78, 5) is 6.80. The smallest absolute Gasteiger partial charge is 0.193 e. The zero-order chi connectivity index (χ0) is 16.2. The molecule has 23 heavy (non-hydrogen) atoms. The van der Waals surface area contributed by atoms with Crippen molar-refractivity contribution in [2.24, 2.45) is 16.8 Å². The number of ether oxygens (including phenoxy) is 2. The lowest BCUT2D eigenvalue weighted by molar-refractivity contribution is 0.109. The largest absolute Gasteiger partial charge is 0.381 e. The highest BCUT2D eigenvalue weighted by Gasteiger charge is 2.21. The first-order chi connectivity index (χ1) is 10.6. The Kier molecular flexibility index (Phi) is 14.2. The fraction of sp³-hybridized carbons (Fsp3) is 0.941. The Balaban J connectivity index is 0.00000484. The predicted molar refractivity (Wildman–Crippen MR) is 108 cm³/mol. The van der Waals surface area contributed by atoms with Crippen LogP contribution in [0.4, 0.5) is 0 Å². The van der Waals surface area contributed by atoms with E-state index in [9.17, 15) is 0 Å². The summed E-state index contributed by atoms with van der Waals surface area (Å²) < 4.78 is 11.3. The van der Waals surface area contributed by atoms with E-state index in [0.717, 1.165) is 64.4 Å². The quantitative estimate of drug-likeness (QED) is 0.219. The number of nitrogens with one attached hydrogen (secondary N) is 1. The number of likely N-dealkylation sites (N-methyl/N-ethyl adjacent to an activating group) is 1. The molecule has 138 valence electrons. The van der Waals surface area contributed by atoms with Crippen LogP contribution in [0.3, 0.4) is 0 Å². The lowest BCUT2D eigenvalue weighted by atomic mass is 10.2. The maximum absolute atomic E-state index is 5.69. The van der Waals surface area contributed by atoms with Crippen molar-refractivity contribution in [1.29, 1.82) is 0 Å². The van der Waals surface area contributed by atoms with Crippen LogP contribution in [0.1, 0.15) is 40.0 Å². The minimum absolute atomic E-state index is 0. The number of aliphatic imine (C=N–C) groups is 1. The number of nitrogens with zero attached hydrogens (tertiary/aromatic N) is 2. The first kappa shape index (κ1) is 22.9.